The van der Waals surface area contributed by atoms with Crippen molar-refractivity contribution in [2.24, 2.45) is 0 Å². The molecule has 2 unspecified atom stereocenters. The van der Waals surface area contributed by atoms with Gasteiger partial charge in [-0.3, -0.25) is 9.69 Å². The van der Waals surface area contributed by atoms with Crippen LogP contribution in [0.2, 0.25) is 0 Å². The third kappa shape index (κ3) is 4.04. The molecular formula is C15H22N2O2. The summed E-state index contributed by atoms with van der Waals surface area (Å²) < 4.78 is 0. The topological polar surface area (TPSA) is 52.6 Å². The lowest BCUT2D eigenvalue weighted by molar-refractivity contribution is -0.126. The number of aliphatic hydroxyl groups excluding tert-OH is 1. The third-order valence-electron chi connectivity index (χ3n) is 3.47. The van der Waals surface area contributed by atoms with Crippen molar-refractivity contribution in [3.05, 3.63) is 35.9 Å². The molecule has 1 heterocycles. The number of amides is 1. The van der Waals surface area contributed by atoms with E-state index in [-0.39, 0.29) is 11.9 Å². The lowest BCUT2D eigenvalue weighted by Crippen LogP contribution is -2.44. The molecule has 0 radical (unpaired) electrons. The van der Waals surface area contributed by atoms with Crippen LogP contribution >= 0.6 is 0 Å². The Labute approximate surface area is 114 Å². The number of carbonyl (C=O) groups excluding carboxylic acids is 1. The number of hydrogen-bond donors (Lipinski definition) is 2. The van der Waals surface area contributed by atoms with Crippen molar-refractivity contribution in [2.75, 3.05) is 13.1 Å². The average Bonchev–Trinajstić information content (AvgIpc) is 2.85. The normalized spacial score (nSPS) is 21.3. The molecule has 4 nitrogen and oxygen atoms in total. The van der Waals surface area contributed by atoms with Gasteiger partial charge in [-0.2, -0.15) is 0 Å². The van der Waals surface area contributed by atoms with E-state index >= 15 is 0 Å². The summed E-state index contributed by atoms with van der Waals surface area (Å²) in [5.41, 5.74) is 1.23. The van der Waals surface area contributed by atoms with E-state index in [4.69, 9.17) is 0 Å². The molecular weight excluding hydrogens is 240 g/mol. The monoisotopic (exact) mass is 262 g/mol. The molecule has 1 aliphatic heterocycles. The van der Waals surface area contributed by atoms with Crippen LogP contribution in [0, 0.1) is 0 Å². The highest BCUT2D eigenvalue weighted by atomic mass is 16.3. The van der Waals surface area contributed by atoms with Crippen molar-refractivity contribution in [3.63, 3.8) is 0 Å². The number of rotatable bonds is 5. The molecule has 4 heteroatoms. The number of aliphatic hydroxyl groups is 1. The van der Waals surface area contributed by atoms with Gasteiger partial charge in [0, 0.05) is 13.1 Å². The average molecular weight is 262 g/mol. The van der Waals surface area contributed by atoms with Gasteiger partial charge in [-0.05, 0) is 31.9 Å². The Morgan fingerprint density at radius 3 is 2.89 bits per heavy atom. The first-order valence-electron chi connectivity index (χ1n) is 6.90. The van der Waals surface area contributed by atoms with Crippen LogP contribution in [-0.2, 0) is 11.3 Å². The molecule has 1 aromatic carbocycles. The first-order chi connectivity index (χ1) is 9.16. The quantitative estimate of drug-likeness (QED) is 0.837. The van der Waals surface area contributed by atoms with Gasteiger partial charge in [0.1, 0.15) is 0 Å². The van der Waals surface area contributed by atoms with Crippen molar-refractivity contribution in [1.82, 2.24) is 10.2 Å². The Hall–Kier alpha value is -1.39. The number of nitrogens with one attached hydrogen (secondary N) is 1. The number of benzene rings is 1. The first kappa shape index (κ1) is 14.0. The molecule has 1 amide bonds. The fourth-order valence-corrected chi connectivity index (χ4v) is 2.50. The molecule has 2 rings (SSSR count). The van der Waals surface area contributed by atoms with Crippen LogP contribution in [0.4, 0.5) is 0 Å². The first-order valence-corrected chi connectivity index (χ1v) is 6.90. The van der Waals surface area contributed by atoms with E-state index in [9.17, 15) is 9.90 Å². The summed E-state index contributed by atoms with van der Waals surface area (Å²) in [4.78, 5) is 14.3. The lowest BCUT2D eigenvalue weighted by Gasteiger charge is -2.24. The molecule has 1 fully saturated rings. The Balaban J connectivity index is 1.91. The van der Waals surface area contributed by atoms with Gasteiger partial charge in [-0.1, -0.05) is 30.3 Å². The van der Waals surface area contributed by atoms with Crippen molar-refractivity contribution < 1.29 is 9.90 Å². The zero-order chi connectivity index (χ0) is 13.7. The molecule has 2 N–H and O–H groups in total. The van der Waals surface area contributed by atoms with Gasteiger partial charge in [-0.25, -0.2) is 0 Å². The molecule has 0 aromatic heterocycles. The van der Waals surface area contributed by atoms with Gasteiger partial charge in [0.05, 0.1) is 12.1 Å². The van der Waals surface area contributed by atoms with Crippen LogP contribution in [0.15, 0.2) is 30.3 Å². The zero-order valence-corrected chi connectivity index (χ0v) is 11.4. The van der Waals surface area contributed by atoms with E-state index in [1.165, 1.54) is 5.56 Å². The maximum atomic E-state index is 12.1. The molecule has 0 spiro atoms. The molecule has 1 aliphatic rings. The second-order valence-corrected chi connectivity index (χ2v) is 5.21. The Morgan fingerprint density at radius 1 is 1.47 bits per heavy atom. The number of nitrogens with zero attached hydrogens (tertiary/aromatic N) is 1. The lowest BCUT2D eigenvalue weighted by atomic mass is 10.1. The fourth-order valence-electron chi connectivity index (χ4n) is 2.50. The van der Waals surface area contributed by atoms with Crippen LogP contribution < -0.4 is 5.32 Å². The van der Waals surface area contributed by atoms with E-state index in [0.29, 0.717) is 6.54 Å². The smallest absolute Gasteiger partial charge is 0.237 e. The minimum absolute atomic E-state index is 0.0364. The summed E-state index contributed by atoms with van der Waals surface area (Å²) in [5, 5.41) is 12.0. The molecule has 0 aliphatic carbocycles. The SMILES string of the molecule is CC(O)CNC(=O)C1CCCN1Cc1ccccc1. The highest BCUT2D eigenvalue weighted by Crippen LogP contribution is 2.20. The molecule has 19 heavy (non-hydrogen) atoms. The van der Waals surface area contributed by atoms with Gasteiger partial charge in [0.2, 0.25) is 5.91 Å². The van der Waals surface area contributed by atoms with Gasteiger partial charge in [-0.15, -0.1) is 0 Å². The van der Waals surface area contributed by atoms with E-state index < -0.39 is 6.10 Å². The standard InChI is InChI=1S/C15H22N2O2/c1-12(18)10-16-15(19)14-8-5-9-17(14)11-13-6-3-2-4-7-13/h2-4,6-7,12,14,18H,5,8-11H2,1H3,(H,16,19). The third-order valence-corrected chi connectivity index (χ3v) is 3.47. The fraction of sp³-hybridized carbons (Fsp3) is 0.533. The summed E-state index contributed by atoms with van der Waals surface area (Å²) in [7, 11) is 0. The molecule has 0 bridgehead atoms. The van der Waals surface area contributed by atoms with Gasteiger partial charge in [0.25, 0.3) is 0 Å². The van der Waals surface area contributed by atoms with Gasteiger partial charge >= 0.3 is 0 Å². The maximum absolute atomic E-state index is 12.1. The molecule has 1 aromatic rings. The predicted octanol–water partition coefficient (Wildman–Crippen LogP) is 1.15. The molecule has 1 saturated heterocycles. The van der Waals surface area contributed by atoms with E-state index in [1.807, 2.05) is 18.2 Å². The van der Waals surface area contributed by atoms with E-state index in [1.54, 1.807) is 6.92 Å². The Morgan fingerprint density at radius 2 is 2.21 bits per heavy atom. The van der Waals surface area contributed by atoms with E-state index in [2.05, 4.69) is 22.3 Å². The van der Waals surface area contributed by atoms with Gasteiger partial charge in [0.15, 0.2) is 0 Å². The van der Waals surface area contributed by atoms with Crippen molar-refractivity contribution in [2.45, 2.75) is 38.5 Å². The van der Waals surface area contributed by atoms with Crippen LogP contribution in [0.25, 0.3) is 0 Å². The van der Waals surface area contributed by atoms with Crippen molar-refractivity contribution in [1.29, 1.82) is 0 Å². The molecule has 0 saturated carbocycles. The van der Waals surface area contributed by atoms with E-state index in [0.717, 1.165) is 25.9 Å². The van der Waals surface area contributed by atoms with Crippen LogP contribution in [-0.4, -0.2) is 41.1 Å². The van der Waals surface area contributed by atoms with Crippen LogP contribution in [0.5, 0.6) is 0 Å². The minimum atomic E-state index is -0.493. The van der Waals surface area contributed by atoms with Crippen molar-refractivity contribution in [3.8, 4) is 0 Å². The summed E-state index contributed by atoms with van der Waals surface area (Å²) in [6.45, 7) is 3.78. The Bertz CT molecular complexity index is 406. The summed E-state index contributed by atoms with van der Waals surface area (Å²) in [6, 6.07) is 10.2. The van der Waals surface area contributed by atoms with Crippen molar-refractivity contribution >= 4 is 5.91 Å². The molecule has 2 atom stereocenters. The van der Waals surface area contributed by atoms with Crippen LogP contribution in [0.3, 0.4) is 0 Å². The summed E-state index contributed by atoms with van der Waals surface area (Å²) in [6.07, 6.45) is 1.46. The second kappa shape index (κ2) is 6.68. The number of likely N-dealkylation sites (tertiary alicyclic amines) is 1. The maximum Gasteiger partial charge on any atom is 0.237 e. The number of carbonyl (C=O) groups is 1. The van der Waals surface area contributed by atoms with Crippen LogP contribution in [0.1, 0.15) is 25.3 Å². The minimum Gasteiger partial charge on any atom is -0.392 e. The summed E-state index contributed by atoms with van der Waals surface area (Å²) in [5.74, 6) is 0.0364. The second-order valence-electron chi connectivity index (χ2n) is 5.21. The number of hydrogen-bond acceptors (Lipinski definition) is 3. The predicted molar refractivity (Wildman–Crippen MR) is 74.6 cm³/mol. The summed E-state index contributed by atoms with van der Waals surface area (Å²) >= 11 is 0. The van der Waals surface area contributed by atoms with Gasteiger partial charge < -0.3 is 10.4 Å². The largest absolute Gasteiger partial charge is 0.392 e. The Kier molecular flexibility index (Phi) is 4.93. The highest BCUT2D eigenvalue weighted by Gasteiger charge is 2.30. The highest BCUT2D eigenvalue weighted by molar-refractivity contribution is 5.82. The molecule has 104 valence electrons. The zero-order valence-electron chi connectivity index (χ0n) is 11.4.